The van der Waals surface area contributed by atoms with Gasteiger partial charge in [-0.1, -0.05) is 48.0 Å². The van der Waals surface area contributed by atoms with Crippen LogP contribution in [-0.4, -0.2) is 10.9 Å². The van der Waals surface area contributed by atoms with E-state index < -0.39 is 0 Å². The number of aliphatic hydroxyl groups excluding tert-OH is 1. The number of allylic oxidation sites excluding steroid dienone is 1. The van der Waals surface area contributed by atoms with Crippen LogP contribution in [0.4, 0.5) is 5.69 Å². The number of azo groups is 1. The van der Waals surface area contributed by atoms with Crippen LogP contribution in [0, 0.1) is 6.92 Å². The van der Waals surface area contributed by atoms with Gasteiger partial charge in [0.1, 0.15) is 0 Å². The third-order valence-electron chi connectivity index (χ3n) is 2.90. The number of aliphatic hydroxyl groups is 1. The predicted octanol–water partition coefficient (Wildman–Crippen LogP) is 4.59. The number of carbonyl (C=O) groups excluding carboxylic acids is 1. The molecule has 0 bridgehead atoms. The Balaban J connectivity index is 2.36. The topological polar surface area (TPSA) is 62.0 Å². The maximum absolute atomic E-state index is 11.7. The predicted molar refractivity (Wildman–Crippen MR) is 82.4 cm³/mol. The number of hydrogen-bond acceptors (Lipinski definition) is 4. The van der Waals surface area contributed by atoms with Gasteiger partial charge in [0.2, 0.25) is 0 Å². The molecule has 0 heterocycles. The Hall–Kier alpha value is -2.75. The number of rotatable bonds is 4. The Kier molecular flexibility index (Phi) is 4.61. The van der Waals surface area contributed by atoms with Crippen LogP contribution in [-0.2, 0) is 4.79 Å². The third kappa shape index (κ3) is 3.86. The van der Waals surface area contributed by atoms with Crippen LogP contribution in [0.2, 0.25) is 0 Å². The SMILES string of the molecule is CC(=O)/C(N=Nc1ccc(C)cc1)=C(\O)c1ccccc1. The lowest BCUT2D eigenvalue weighted by molar-refractivity contribution is -0.113. The Morgan fingerprint density at radius 1 is 1.00 bits per heavy atom. The second-order valence-corrected chi connectivity index (χ2v) is 4.65. The Morgan fingerprint density at radius 2 is 1.62 bits per heavy atom. The number of aryl methyl sites for hydroxylation is 1. The molecule has 0 unspecified atom stereocenters. The molecule has 0 radical (unpaired) electrons. The molecular weight excluding hydrogens is 264 g/mol. The van der Waals surface area contributed by atoms with Gasteiger partial charge in [-0.05, 0) is 19.1 Å². The maximum atomic E-state index is 11.7. The van der Waals surface area contributed by atoms with Gasteiger partial charge >= 0.3 is 0 Å². The minimum Gasteiger partial charge on any atom is -0.505 e. The fourth-order valence-electron chi connectivity index (χ4n) is 1.74. The van der Waals surface area contributed by atoms with Crippen molar-refractivity contribution < 1.29 is 9.90 Å². The van der Waals surface area contributed by atoms with Crippen molar-refractivity contribution in [3.63, 3.8) is 0 Å². The molecule has 1 N–H and O–H groups in total. The number of hydrogen-bond donors (Lipinski definition) is 1. The number of ketones is 1. The standard InChI is InChI=1S/C17H16N2O2/c1-12-8-10-15(11-9-12)18-19-16(13(2)20)17(21)14-6-4-3-5-7-14/h3-11,21H,1-2H3/b17-16+,19-18?. The average Bonchev–Trinajstić information content (AvgIpc) is 2.49. The Bertz CT molecular complexity index is 686. The van der Waals surface area contributed by atoms with Gasteiger partial charge < -0.3 is 5.11 Å². The molecule has 0 aromatic heterocycles. The van der Waals surface area contributed by atoms with E-state index in [0.29, 0.717) is 11.3 Å². The lowest BCUT2D eigenvalue weighted by Gasteiger charge is -2.03. The molecule has 0 atom stereocenters. The molecule has 0 saturated carbocycles. The highest BCUT2D eigenvalue weighted by atomic mass is 16.3. The number of carbonyl (C=O) groups is 1. The summed E-state index contributed by atoms with van der Waals surface area (Å²) in [6.07, 6.45) is 0. The molecular formula is C17H16N2O2. The summed E-state index contributed by atoms with van der Waals surface area (Å²) in [5, 5.41) is 18.1. The Morgan fingerprint density at radius 3 is 2.19 bits per heavy atom. The molecule has 2 aromatic rings. The molecule has 0 saturated heterocycles. The molecule has 0 spiro atoms. The van der Waals surface area contributed by atoms with Crippen molar-refractivity contribution in [1.29, 1.82) is 0 Å². The van der Waals surface area contributed by atoms with Gasteiger partial charge in [0, 0.05) is 12.5 Å². The molecule has 0 aliphatic carbocycles. The van der Waals surface area contributed by atoms with Gasteiger partial charge in [0.05, 0.1) is 5.69 Å². The zero-order chi connectivity index (χ0) is 15.2. The Labute approximate surface area is 123 Å². The lowest BCUT2D eigenvalue weighted by atomic mass is 10.1. The van der Waals surface area contributed by atoms with Gasteiger partial charge in [0.25, 0.3) is 0 Å². The van der Waals surface area contributed by atoms with Crippen molar-refractivity contribution in [2.45, 2.75) is 13.8 Å². The van der Waals surface area contributed by atoms with Crippen LogP contribution >= 0.6 is 0 Å². The van der Waals surface area contributed by atoms with Gasteiger partial charge in [0.15, 0.2) is 17.2 Å². The molecule has 4 heteroatoms. The summed E-state index contributed by atoms with van der Waals surface area (Å²) in [4.78, 5) is 11.7. The number of benzene rings is 2. The van der Waals surface area contributed by atoms with Crippen LogP contribution in [0.5, 0.6) is 0 Å². The van der Waals surface area contributed by atoms with Crippen molar-refractivity contribution in [1.82, 2.24) is 0 Å². The highest BCUT2D eigenvalue weighted by Gasteiger charge is 2.12. The highest BCUT2D eigenvalue weighted by molar-refractivity contribution is 5.99. The summed E-state index contributed by atoms with van der Waals surface area (Å²) in [7, 11) is 0. The largest absolute Gasteiger partial charge is 0.505 e. The molecule has 21 heavy (non-hydrogen) atoms. The number of nitrogens with zero attached hydrogens (tertiary/aromatic N) is 2. The van der Waals surface area contributed by atoms with Crippen LogP contribution in [0.3, 0.4) is 0 Å². The van der Waals surface area contributed by atoms with Crippen molar-refractivity contribution in [3.05, 3.63) is 71.4 Å². The van der Waals surface area contributed by atoms with Crippen LogP contribution in [0.25, 0.3) is 5.76 Å². The second kappa shape index (κ2) is 6.61. The second-order valence-electron chi connectivity index (χ2n) is 4.65. The van der Waals surface area contributed by atoms with E-state index in [1.807, 2.05) is 25.1 Å². The smallest absolute Gasteiger partial charge is 0.183 e. The monoisotopic (exact) mass is 280 g/mol. The van der Waals surface area contributed by atoms with E-state index in [4.69, 9.17) is 0 Å². The van der Waals surface area contributed by atoms with E-state index in [1.54, 1.807) is 36.4 Å². The minimum atomic E-state index is -0.341. The summed E-state index contributed by atoms with van der Waals surface area (Å²) < 4.78 is 0. The number of Topliss-reactive ketones (excluding diaryl/α,β-unsaturated/α-hetero) is 1. The summed E-state index contributed by atoms with van der Waals surface area (Å²) in [5.41, 5.74) is 2.22. The summed E-state index contributed by atoms with van der Waals surface area (Å²) in [5.74, 6) is -0.508. The van der Waals surface area contributed by atoms with Crippen molar-refractivity contribution in [2.75, 3.05) is 0 Å². The van der Waals surface area contributed by atoms with Gasteiger partial charge in [-0.2, -0.15) is 5.11 Å². The normalized spacial score (nSPS) is 12.3. The molecule has 0 aliphatic rings. The van der Waals surface area contributed by atoms with E-state index in [2.05, 4.69) is 10.2 Å². The first kappa shape index (κ1) is 14.7. The fourth-order valence-corrected chi connectivity index (χ4v) is 1.74. The highest BCUT2D eigenvalue weighted by Crippen LogP contribution is 2.20. The molecule has 2 aromatic carbocycles. The molecule has 0 fully saturated rings. The summed E-state index contributed by atoms with van der Waals surface area (Å²) in [6, 6.07) is 16.2. The van der Waals surface area contributed by atoms with Crippen LogP contribution in [0.15, 0.2) is 70.5 Å². The van der Waals surface area contributed by atoms with Crippen LogP contribution in [0.1, 0.15) is 18.1 Å². The summed E-state index contributed by atoms with van der Waals surface area (Å²) >= 11 is 0. The van der Waals surface area contributed by atoms with E-state index in [9.17, 15) is 9.90 Å². The molecule has 106 valence electrons. The van der Waals surface area contributed by atoms with E-state index in [0.717, 1.165) is 5.56 Å². The maximum Gasteiger partial charge on any atom is 0.183 e. The first-order valence-electron chi connectivity index (χ1n) is 6.56. The van der Waals surface area contributed by atoms with Gasteiger partial charge in [-0.25, -0.2) is 0 Å². The van der Waals surface area contributed by atoms with Gasteiger partial charge in [-0.15, -0.1) is 5.11 Å². The zero-order valence-corrected chi connectivity index (χ0v) is 11.9. The van der Waals surface area contributed by atoms with Crippen molar-refractivity contribution >= 4 is 17.2 Å². The first-order chi connectivity index (χ1) is 10.1. The van der Waals surface area contributed by atoms with E-state index in [-0.39, 0.29) is 17.2 Å². The molecule has 4 nitrogen and oxygen atoms in total. The summed E-state index contributed by atoms with van der Waals surface area (Å²) in [6.45, 7) is 3.33. The first-order valence-corrected chi connectivity index (χ1v) is 6.56. The van der Waals surface area contributed by atoms with Crippen molar-refractivity contribution in [3.8, 4) is 0 Å². The van der Waals surface area contributed by atoms with Gasteiger partial charge in [-0.3, -0.25) is 4.79 Å². The molecule has 2 rings (SSSR count). The third-order valence-corrected chi connectivity index (χ3v) is 2.90. The quantitative estimate of drug-likeness (QED) is 0.505. The lowest BCUT2D eigenvalue weighted by Crippen LogP contribution is -1.98. The zero-order valence-electron chi connectivity index (χ0n) is 11.9. The fraction of sp³-hybridized carbons (Fsp3) is 0.118. The van der Waals surface area contributed by atoms with E-state index >= 15 is 0 Å². The van der Waals surface area contributed by atoms with Crippen molar-refractivity contribution in [2.24, 2.45) is 10.2 Å². The molecule has 0 aliphatic heterocycles. The average molecular weight is 280 g/mol. The van der Waals surface area contributed by atoms with Crippen LogP contribution < -0.4 is 0 Å². The minimum absolute atomic E-state index is 0.0539. The molecule has 0 amide bonds. The van der Waals surface area contributed by atoms with E-state index in [1.165, 1.54) is 6.92 Å².